The zero-order valence-corrected chi connectivity index (χ0v) is 13.2. The molecule has 1 N–H and O–H groups in total. The molecule has 2 aliphatic rings. The second-order valence-corrected chi connectivity index (χ2v) is 7.49. The van der Waals surface area contributed by atoms with Gasteiger partial charge in [-0.3, -0.25) is 0 Å². The van der Waals surface area contributed by atoms with Crippen LogP contribution in [-0.4, -0.2) is 13.1 Å². The number of rotatable bonds is 5. The average molecular weight is 355 g/mol. The van der Waals surface area contributed by atoms with Gasteiger partial charge in [0.2, 0.25) is 0 Å². The van der Waals surface area contributed by atoms with Crippen molar-refractivity contribution in [3.63, 3.8) is 0 Å². The predicted octanol–water partition coefficient (Wildman–Crippen LogP) is 3.86. The van der Waals surface area contributed by atoms with Crippen molar-refractivity contribution in [2.75, 3.05) is 13.1 Å². The van der Waals surface area contributed by atoms with E-state index >= 15 is 0 Å². The first-order valence-corrected chi connectivity index (χ1v) is 8.24. The molecule has 1 aromatic carbocycles. The van der Waals surface area contributed by atoms with Crippen LogP contribution in [0.4, 0.5) is 0 Å². The Kier molecular flexibility index (Phi) is 3.68. The molecule has 18 heavy (non-hydrogen) atoms. The highest BCUT2D eigenvalue weighted by Crippen LogP contribution is 2.60. The Morgan fingerprint density at radius 1 is 1.22 bits per heavy atom. The molecule has 0 bridgehead atoms. The molecule has 0 radical (unpaired) electrons. The van der Waals surface area contributed by atoms with Gasteiger partial charge in [-0.1, -0.05) is 19.1 Å². The molecule has 0 spiro atoms. The van der Waals surface area contributed by atoms with Crippen LogP contribution in [0.25, 0.3) is 0 Å². The molecule has 1 aromatic rings. The highest BCUT2D eigenvalue weighted by Gasteiger charge is 2.53. The molecule has 0 saturated heterocycles. The maximum atomic E-state index is 3.60. The molecule has 0 aliphatic heterocycles. The van der Waals surface area contributed by atoms with Crippen LogP contribution in [0.1, 0.15) is 31.7 Å². The van der Waals surface area contributed by atoms with E-state index in [0.29, 0.717) is 5.41 Å². The predicted molar refractivity (Wildman–Crippen MR) is 84.7 cm³/mol. The zero-order valence-electron chi connectivity index (χ0n) is 11.1. The molecule has 98 valence electrons. The third-order valence-corrected chi connectivity index (χ3v) is 5.42. The average Bonchev–Trinajstić information content (AvgIpc) is 2.98. The van der Waals surface area contributed by atoms with E-state index in [0.717, 1.165) is 18.4 Å². The van der Waals surface area contributed by atoms with Crippen molar-refractivity contribution < 1.29 is 0 Å². The summed E-state index contributed by atoms with van der Waals surface area (Å²) in [5, 5.41) is 3.60. The molecule has 1 nitrogen and oxygen atoms in total. The van der Waals surface area contributed by atoms with Gasteiger partial charge in [0.05, 0.1) is 0 Å². The fraction of sp³-hybridized carbons (Fsp3) is 0.625. The van der Waals surface area contributed by atoms with Gasteiger partial charge >= 0.3 is 0 Å². The smallest absolute Gasteiger partial charge is 0.0130 e. The zero-order chi connectivity index (χ0) is 12.6. The van der Waals surface area contributed by atoms with E-state index in [1.807, 2.05) is 0 Å². The van der Waals surface area contributed by atoms with Crippen LogP contribution in [-0.2, 0) is 6.42 Å². The van der Waals surface area contributed by atoms with Gasteiger partial charge in [0, 0.05) is 10.1 Å². The second kappa shape index (κ2) is 5.12. The lowest BCUT2D eigenvalue weighted by atomic mass is 9.77. The van der Waals surface area contributed by atoms with Crippen LogP contribution in [0.5, 0.6) is 0 Å². The van der Waals surface area contributed by atoms with Crippen LogP contribution in [0, 0.1) is 20.8 Å². The molecule has 2 heteroatoms. The molecule has 3 rings (SSSR count). The van der Waals surface area contributed by atoms with Gasteiger partial charge in [0.1, 0.15) is 0 Å². The van der Waals surface area contributed by atoms with Gasteiger partial charge in [-0.25, -0.2) is 0 Å². The lowest BCUT2D eigenvalue weighted by Gasteiger charge is -2.31. The fourth-order valence-electron chi connectivity index (χ4n) is 3.78. The van der Waals surface area contributed by atoms with E-state index in [4.69, 9.17) is 0 Å². The minimum Gasteiger partial charge on any atom is -0.316 e. The highest BCUT2D eigenvalue weighted by atomic mass is 127. The minimum absolute atomic E-state index is 0.552. The Morgan fingerprint density at radius 2 is 1.89 bits per heavy atom. The van der Waals surface area contributed by atoms with E-state index < -0.39 is 0 Å². The molecule has 2 unspecified atom stereocenters. The number of nitrogens with one attached hydrogen (secondary N) is 1. The third-order valence-electron chi connectivity index (χ3n) is 4.70. The van der Waals surface area contributed by atoms with Gasteiger partial charge in [-0.2, -0.15) is 0 Å². The summed E-state index contributed by atoms with van der Waals surface area (Å²) in [4.78, 5) is 0. The van der Waals surface area contributed by atoms with E-state index in [2.05, 4.69) is 59.1 Å². The van der Waals surface area contributed by atoms with Crippen LogP contribution in [0.2, 0.25) is 0 Å². The number of halogens is 1. The lowest BCUT2D eigenvalue weighted by Crippen LogP contribution is -2.35. The Labute approximate surface area is 124 Å². The molecule has 0 amide bonds. The van der Waals surface area contributed by atoms with Crippen LogP contribution < -0.4 is 5.32 Å². The van der Waals surface area contributed by atoms with Gasteiger partial charge in [0.25, 0.3) is 0 Å². The van der Waals surface area contributed by atoms with Crippen LogP contribution in [0.15, 0.2) is 24.3 Å². The normalized spacial score (nSPS) is 33.4. The van der Waals surface area contributed by atoms with Gasteiger partial charge < -0.3 is 5.32 Å². The second-order valence-electron chi connectivity index (χ2n) is 6.25. The topological polar surface area (TPSA) is 12.0 Å². The van der Waals surface area contributed by atoms with Gasteiger partial charge in [-0.05, 0) is 89.8 Å². The van der Waals surface area contributed by atoms with E-state index in [-0.39, 0.29) is 0 Å². The first kappa shape index (κ1) is 12.9. The first-order valence-electron chi connectivity index (χ1n) is 7.16. The summed E-state index contributed by atoms with van der Waals surface area (Å²) in [6.45, 7) is 4.53. The molecule has 0 aromatic heterocycles. The Morgan fingerprint density at radius 3 is 2.50 bits per heavy atom. The SMILES string of the molecule is CCNCC1(Cc2ccc(I)cc2)CC2CC2C1. The Bertz CT molecular complexity index is 402. The number of hydrogen-bond acceptors (Lipinski definition) is 1. The largest absolute Gasteiger partial charge is 0.316 e. The molecule has 2 aliphatic carbocycles. The molecule has 2 saturated carbocycles. The van der Waals surface area contributed by atoms with Crippen molar-refractivity contribution in [3.8, 4) is 0 Å². The van der Waals surface area contributed by atoms with E-state index in [9.17, 15) is 0 Å². The summed E-state index contributed by atoms with van der Waals surface area (Å²) in [5.74, 6) is 2.13. The lowest BCUT2D eigenvalue weighted by molar-refractivity contribution is 0.250. The van der Waals surface area contributed by atoms with Gasteiger partial charge in [-0.15, -0.1) is 0 Å². The number of benzene rings is 1. The number of fused-ring (bicyclic) bond motifs is 1. The first-order chi connectivity index (χ1) is 8.71. The monoisotopic (exact) mass is 355 g/mol. The standard InChI is InChI=1S/C16H22IN/c1-2-18-11-16(9-13-7-14(13)10-16)8-12-3-5-15(17)6-4-12/h3-6,13-14,18H,2,7-11H2,1H3. The van der Waals surface area contributed by atoms with Crippen LogP contribution >= 0.6 is 22.6 Å². The van der Waals surface area contributed by atoms with Crippen molar-refractivity contribution in [1.82, 2.24) is 5.32 Å². The summed E-state index contributed by atoms with van der Waals surface area (Å²) < 4.78 is 1.34. The van der Waals surface area contributed by atoms with Crippen molar-refractivity contribution >= 4 is 22.6 Å². The van der Waals surface area contributed by atoms with Crippen molar-refractivity contribution in [3.05, 3.63) is 33.4 Å². The Hall–Kier alpha value is -0.0900. The third kappa shape index (κ3) is 2.74. The van der Waals surface area contributed by atoms with Crippen LogP contribution in [0.3, 0.4) is 0 Å². The van der Waals surface area contributed by atoms with Crippen molar-refractivity contribution in [2.24, 2.45) is 17.3 Å². The molecule has 0 heterocycles. The summed E-state index contributed by atoms with van der Waals surface area (Å²) in [6.07, 6.45) is 5.69. The maximum absolute atomic E-state index is 3.60. The maximum Gasteiger partial charge on any atom is 0.0130 e. The molecular formula is C16H22IN. The molecular weight excluding hydrogens is 333 g/mol. The van der Waals surface area contributed by atoms with E-state index in [1.54, 1.807) is 0 Å². The molecule has 2 fully saturated rings. The summed E-state index contributed by atoms with van der Waals surface area (Å²) in [6, 6.07) is 9.12. The fourth-order valence-corrected chi connectivity index (χ4v) is 4.14. The quantitative estimate of drug-likeness (QED) is 0.791. The highest BCUT2D eigenvalue weighted by molar-refractivity contribution is 14.1. The van der Waals surface area contributed by atoms with Gasteiger partial charge in [0.15, 0.2) is 0 Å². The van der Waals surface area contributed by atoms with Crippen molar-refractivity contribution in [1.29, 1.82) is 0 Å². The van der Waals surface area contributed by atoms with E-state index in [1.165, 1.54) is 41.4 Å². The Balaban J connectivity index is 1.71. The summed E-state index contributed by atoms with van der Waals surface area (Å²) in [5.41, 5.74) is 2.07. The summed E-state index contributed by atoms with van der Waals surface area (Å²) in [7, 11) is 0. The van der Waals surface area contributed by atoms with Crippen molar-refractivity contribution in [2.45, 2.75) is 32.6 Å². The summed E-state index contributed by atoms with van der Waals surface area (Å²) >= 11 is 2.39. The molecule has 2 atom stereocenters. The minimum atomic E-state index is 0.552. The number of hydrogen-bond donors (Lipinski definition) is 1.